The molecule has 1 aliphatic rings. The number of methoxy groups -OCH3 is 2. The van der Waals surface area contributed by atoms with Gasteiger partial charge < -0.3 is 14.6 Å². The molecule has 1 heterocycles. The fourth-order valence-electron chi connectivity index (χ4n) is 2.75. The Labute approximate surface area is 129 Å². The SMILES string of the molecule is COC[C@@H]1C[C@H](OC)CN1Cc1cccc(C(=O)O)c1Cl. The second kappa shape index (κ2) is 7.22. The summed E-state index contributed by atoms with van der Waals surface area (Å²) in [6, 6.07) is 5.35. The van der Waals surface area contributed by atoms with Gasteiger partial charge in [0, 0.05) is 33.4 Å². The lowest BCUT2D eigenvalue weighted by Crippen LogP contribution is -2.32. The summed E-state index contributed by atoms with van der Waals surface area (Å²) in [7, 11) is 3.38. The van der Waals surface area contributed by atoms with E-state index in [-0.39, 0.29) is 17.7 Å². The number of nitrogens with zero attached hydrogens (tertiary/aromatic N) is 1. The third-order valence-corrected chi connectivity index (χ3v) is 4.31. The molecule has 2 atom stereocenters. The number of carboxylic acids is 1. The van der Waals surface area contributed by atoms with Gasteiger partial charge in [0.1, 0.15) is 0 Å². The fraction of sp³-hybridized carbons (Fsp3) is 0.533. The van der Waals surface area contributed by atoms with Gasteiger partial charge in [-0.05, 0) is 18.1 Å². The second-order valence-corrected chi connectivity index (χ2v) is 5.59. The molecule has 0 unspecified atom stereocenters. The van der Waals surface area contributed by atoms with Crippen LogP contribution in [0.15, 0.2) is 18.2 Å². The Morgan fingerprint density at radius 1 is 1.48 bits per heavy atom. The topological polar surface area (TPSA) is 59.0 Å². The predicted octanol–water partition coefficient (Wildman–Crippen LogP) is 2.27. The van der Waals surface area contributed by atoms with Gasteiger partial charge in [0.2, 0.25) is 0 Å². The van der Waals surface area contributed by atoms with E-state index in [1.54, 1.807) is 20.3 Å². The van der Waals surface area contributed by atoms with Gasteiger partial charge in [0.05, 0.1) is 23.3 Å². The van der Waals surface area contributed by atoms with Crippen molar-refractivity contribution >= 4 is 17.6 Å². The Kier molecular flexibility index (Phi) is 5.58. The Morgan fingerprint density at radius 2 is 2.24 bits per heavy atom. The lowest BCUT2D eigenvalue weighted by Gasteiger charge is -2.24. The minimum atomic E-state index is -1.01. The maximum atomic E-state index is 11.1. The first-order valence-electron chi connectivity index (χ1n) is 6.83. The smallest absolute Gasteiger partial charge is 0.337 e. The minimum Gasteiger partial charge on any atom is -0.478 e. The van der Waals surface area contributed by atoms with Crippen LogP contribution in [-0.4, -0.2) is 55.5 Å². The highest BCUT2D eigenvalue weighted by Crippen LogP contribution is 2.27. The van der Waals surface area contributed by atoms with Crippen molar-refractivity contribution < 1.29 is 19.4 Å². The van der Waals surface area contributed by atoms with E-state index >= 15 is 0 Å². The highest BCUT2D eigenvalue weighted by Gasteiger charge is 2.32. The van der Waals surface area contributed by atoms with Crippen LogP contribution in [0, 0.1) is 0 Å². The Bertz CT molecular complexity index is 508. The van der Waals surface area contributed by atoms with Crippen molar-refractivity contribution in [2.24, 2.45) is 0 Å². The van der Waals surface area contributed by atoms with Crippen molar-refractivity contribution in [3.05, 3.63) is 34.3 Å². The highest BCUT2D eigenvalue weighted by atomic mass is 35.5. The number of carbonyl (C=O) groups is 1. The van der Waals surface area contributed by atoms with E-state index in [0.717, 1.165) is 18.5 Å². The summed E-state index contributed by atoms with van der Waals surface area (Å²) >= 11 is 6.21. The normalized spacial score (nSPS) is 22.6. The number of hydrogen-bond donors (Lipinski definition) is 1. The van der Waals surface area contributed by atoms with Gasteiger partial charge in [-0.25, -0.2) is 4.79 Å². The zero-order valence-electron chi connectivity index (χ0n) is 12.2. The van der Waals surface area contributed by atoms with Crippen molar-refractivity contribution in [3.8, 4) is 0 Å². The lowest BCUT2D eigenvalue weighted by atomic mass is 10.1. The summed E-state index contributed by atoms with van der Waals surface area (Å²) in [5, 5.41) is 9.44. The maximum absolute atomic E-state index is 11.1. The van der Waals surface area contributed by atoms with E-state index in [0.29, 0.717) is 18.2 Å². The van der Waals surface area contributed by atoms with Crippen LogP contribution in [0.2, 0.25) is 5.02 Å². The quantitative estimate of drug-likeness (QED) is 0.873. The monoisotopic (exact) mass is 313 g/mol. The van der Waals surface area contributed by atoms with Gasteiger partial charge in [-0.15, -0.1) is 0 Å². The van der Waals surface area contributed by atoms with Crippen LogP contribution in [0.25, 0.3) is 0 Å². The van der Waals surface area contributed by atoms with E-state index in [9.17, 15) is 4.79 Å². The van der Waals surface area contributed by atoms with E-state index < -0.39 is 5.97 Å². The number of rotatable bonds is 6. The third kappa shape index (κ3) is 3.74. The lowest BCUT2D eigenvalue weighted by molar-refractivity contribution is 0.0696. The molecule has 0 radical (unpaired) electrons. The van der Waals surface area contributed by atoms with Crippen molar-refractivity contribution in [1.29, 1.82) is 0 Å². The van der Waals surface area contributed by atoms with E-state index in [2.05, 4.69) is 4.90 Å². The Morgan fingerprint density at radius 3 is 2.86 bits per heavy atom. The molecule has 0 amide bonds. The van der Waals surface area contributed by atoms with Gasteiger partial charge >= 0.3 is 5.97 Å². The summed E-state index contributed by atoms with van der Waals surface area (Å²) in [5.41, 5.74) is 0.953. The molecule has 6 heteroatoms. The number of ether oxygens (including phenoxy) is 2. The zero-order chi connectivity index (χ0) is 15.4. The second-order valence-electron chi connectivity index (χ2n) is 5.22. The van der Waals surface area contributed by atoms with E-state index in [1.165, 1.54) is 6.07 Å². The van der Waals surface area contributed by atoms with Crippen LogP contribution in [0.4, 0.5) is 0 Å². The molecule has 21 heavy (non-hydrogen) atoms. The third-order valence-electron chi connectivity index (χ3n) is 3.86. The zero-order valence-corrected chi connectivity index (χ0v) is 13.0. The van der Waals surface area contributed by atoms with Crippen LogP contribution >= 0.6 is 11.6 Å². The molecule has 0 aliphatic carbocycles. The molecule has 1 aromatic carbocycles. The summed E-state index contributed by atoms with van der Waals surface area (Å²) in [6.45, 7) is 2.00. The van der Waals surface area contributed by atoms with Crippen molar-refractivity contribution in [1.82, 2.24) is 4.90 Å². The number of carboxylic acid groups (broad SMARTS) is 1. The van der Waals surface area contributed by atoms with Gasteiger partial charge in [0.15, 0.2) is 0 Å². The molecular formula is C15H20ClNO4. The minimum absolute atomic E-state index is 0.139. The average molecular weight is 314 g/mol. The molecule has 0 aromatic heterocycles. The van der Waals surface area contributed by atoms with Crippen LogP contribution < -0.4 is 0 Å². The molecule has 1 saturated heterocycles. The summed E-state index contributed by atoms with van der Waals surface area (Å²) in [6.07, 6.45) is 1.08. The molecule has 1 aromatic rings. The maximum Gasteiger partial charge on any atom is 0.337 e. The van der Waals surface area contributed by atoms with E-state index in [1.807, 2.05) is 6.07 Å². The predicted molar refractivity (Wildman–Crippen MR) is 79.9 cm³/mol. The molecule has 116 valence electrons. The fourth-order valence-corrected chi connectivity index (χ4v) is 3.02. The highest BCUT2D eigenvalue weighted by molar-refractivity contribution is 6.34. The molecule has 5 nitrogen and oxygen atoms in total. The van der Waals surface area contributed by atoms with Gasteiger partial charge in [-0.3, -0.25) is 4.90 Å². The molecule has 1 N–H and O–H groups in total. The Hall–Kier alpha value is -1.14. The van der Waals surface area contributed by atoms with Crippen LogP contribution in [0.3, 0.4) is 0 Å². The first kappa shape index (κ1) is 16.2. The van der Waals surface area contributed by atoms with E-state index in [4.69, 9.17) is 26.2 Å². The number of hydrogen-bond acceptors (Lipinski definition) is 4. The van der Waals surface area contributed by atoms with Gasteiger partial charge in [-0.1, -0.05) is 23.7 Å². The first-order valence-corrected chi connectivity index (χ1v) is 7.21. The molecule has 0 bridgehead atoms. The summed E-state index contributed by atoms with van der Waals surface area (Å²) < 4.78 is 10.7. The molecule has 1 fully saturated rings. The van der Waals surface area contributed by atoms with Crippen molar-refractivity contribution in [2.45, 2.75) is 25.1 Å². The molecule has 2 rings (SSSR count). The number of likely N-dealkylation sites (tertiary alicyclic amines) is 1. The summed E-state index contributed by atoms with van der Waals surface area (Å²) in [4.78, 5) is 13.4. The van der Waals surface area contributed by atoms with Crippen LogP contribution in [-0.2, 0) is 16.0 Å². The van der Waals surface area contributed by atoms with Gasteiger partial charge in [-0.2, -0.15) is 0 Å². The molecule has 0 saturated carbocycles. The molecule has 1 aliphatic heterocycles. The van der Waals surface area contributed by atoms with Crippen molar-refractivity contribution in [3.63, 3.8) is 0 Å². The number of benzene rings is 1. The largest absolute Gasteiger partial charge is 0.478 e. The van der Waals surface area contributed by atoms with Gasteiger partial charge in [0.25, 0.3) is 0 Å². The number of halogens is 1. The molecule has 0 spiro atoms. The summed E-state index contributed by atoms with van der Waals surface area (Å²) in [5.74, 6) is -1.01. The standard InChI is InChI=1S/C15H20ClNO4/c1-20-9-11-6-12(21-2)8-17(11)7-10-4-3-5-13(14(10)16)15(18)19/h3-5,11-12H,6-9H2,1-2H3,(H,18,19)/t11-,12-/m0/s1. The average Bonchev–Trinajstić information content (AvgIpc) is 2.83. The van der Waals surface area contributed by atoms with Crippen LogP contribution in [0.1, 0.15) is 22.3 Å². The Balaban J connectivity index is 2.16. The first-order chi connectivity index (χ1) is 10.1. The number of aromatic carboxylic acids is 1. The van der Waals surface area contributed by atoms with Crippen molar-refractivity contribution in [2.75, 3.05) is 27.4 Å². The van der Waals surface area contributed by atoms with Crippen LogP contribution in [0.5, 0.6) is 0 Å². The molecular weight excluding hydrogens is 294 g/mol.